The third kappa shape index (κ3) is 1.03. The molecule has 7 heteroatoms. The van der Waals surface area contributed by atoms with Gasteiger partial charge in [-0.3, -0.25) is 9.78 Å². The lowest BCUT2D eigenvalue weighted by atomic mass is 10.3. The first-order chi connectivity index (χ1) is 7.29. The molecule has 74 valence electrons. The van der Waals surface area contributed by atoms with E-state index in [2.05, 4.69) is 15.1 Å². The predicted octanol–water partition coefficient (Wildman–Crippen LogP) is 0.445. The molecule has 0 saturated heterocycles. The Morgan fingerprint density at radius 2 is 2.40 bits per heavy atom. The van der Waals surface area contributed by atoms with Crippen molar-refractivity contribution in [1.29, 1.82) is 0 Å². The van der Waals surface area contributed by atoms with Crippen molar-refractivity contribution in [2.45, 2.75) is 0 Å². The van der Waals surface area contributed by atoms with Crippen LogP contribution in [0.2, 0.25) is 0 Å². The minimum atomic E-state index is -0.353. The zero-order chi connectivity index (χ0) is 10.4. The number of aromatic amines is 1. The maximum atomic E-state index is 11.5. The van der Waals surface area contributed by atoms with E-state index >= 15 is 0 Å². The number of thiophene rings is 1. The van der Waals surface area contributed by atoms with E-state index < -0.39 is 0 Å². The Morgan fingerprint density at radius 1 is 1.53 bits per heavy atom. The second-order valence-corrected chi connectivity index (χ2v) is 4.02. The maximum absolute atomic E-state index is 11.5. The lowest BCUT2D eigenvalue weighted by molar-refractivity contribution is 0.112. The van der Waals surface area contributed by atoms with E-state index in [-0.39, 0.29) is 5.69 Å². The first-order valence-corrected chi connectivity index (χ1v) is 4.92. The molecule has 0 radical (unpaired) electrons. The minimum absolute atomic E-state index is 0.353. The van der Waals surface area contributed by atoms with Gasteiger partial charge in [-0.15, -0.1) is 11.3 Å². The zero-order valence-corrected chi connectivity index (χ0v) is 8.11. The highest BCUT2D eigenvalue weighted by Gasteiger charge is 2.09. The van der Waals surface area contributed by atoms with Gasteiger partial charge in [-0.25, -0.2) is 9.78 Å². The van der Waals surface area contributed by atoms with Gasteiger partial charge in [0.2, 0.25) is 0 Å². The quantitative estimate of drug-likeness (QED) is 0.603. The smallest absolute Gasteiger partial charge is 0.297 e. The Morgan fingerprint density at radius 3 is 3.20 bits per heavy atom. The van der Waals surface area contributed by atoms with E-state index in [9.17, 15) is 9.59 Å². The molecule has 6 nitrogen and oxygen atoms in total. The Balaban J connectivity index is 2.63. The van der Waals surface area contributed by atoms with E-state index in [1.165, 1.54) is 22.2 Å². The van der Waals surface area contributed by atoms with Crippen LogP contribution < -0.4 is 5.69 Å². The van der Waals surface area contributed by atoms with Crippen molar-refractivity contribution in [3.8, 4) is 0 Å². The van der Waals surface area contributed by atoms with E-state index in [0.717, 1.165) is 11.7 Å². The van der Waals surface area contributed by atoms with Crippen LogP contribution in [-0.4, -0.2) is 25.9 Å². The molecule has 0 aliphatic rings. The molecule has 0 amide bonds. The summed E-state index contributed by atoms with van der Waals surface area (Å²) >= 11 is 1.22. The van der Waals surface area contributed by atoms with Crippen LogP contribution in [0.15, 0.2) is 17.2 Å². The second-order valence-electron chi connectivity index (χ2n) is 2.94. The number of carbonyl (C=O) groups is 1. The summed E-state index contributed by atoms with van der Waals surface area (Å²) in [5.41, 5.74) is 0.118. The standard InChI is InChI=1S/C8H4N4O2S/c13-2-4-1-5-6-9-3-10-12(6)8(14)11-7(5)15-4/h1-3H,(H,11,14). The number of hydrogen-bond acceptors (Lipinski definition) is 5. The Labute approximate surface area is 86.2 Å². The third-order valence-electron chi connectivity index (χ3n) is 2.07. The predicted molar refractivity (Wildman–Crippen MR) is 54.4 cm³/mol. The van der Waals surface area contributed by atoms with Crippen molar-refractivity contribution in [2.24, 2.45) is 0 Å². The van der Waals surface area contributed by atoms with Crippen LogP contribution in [0.3, 0.4) is 0 Å². The number of fused-ring (bicyclic) bond motifs is 3. The van der Waals surface area contributed by atoms with Crippen LogP contribution in [0.25, 0.3) is 15.9 Å². The third-order valence-corrected chi connectivity index (χ3v) is 3.04. The van der Waals surface area contributed by atoms with Crippen LogP contribution in [0, 0.1) is 0 Å². The van der Waals surface area contributed by atoms with E-state index in [1.54, 1.807) is 6.07 Å². The molecule has 3 aromatic rings. The first-order valence-electron chi connectivity index (χ1n) is 4.10. The summed E-state index contributed by atoms with van der Waals surface area (Å²) in [4.78, 5) is 29.9. The Hall–Kier alpha value is -2.02. The number of nitrogens with zero attached hydrogens (tertiary/aromatic N) is 3. The minimum Gasteiger partial charge on any atom is -0.297 e. The molecule has 3 heterocycles. The van der Waals surface area contributed by atoms with Gasteiger partial charge in [-0.2, -0.15) is 9.61 Å². The molecule has 0 aliphatic carbocycles. The number of hydrogen-bond donors (Lipinski definition) is 1. The Kier molecular flexibility index (Phi) is 1.51. The molecular formula is C8H4N4O2S. The van der Waals surface area contributed by atoms with Gasteiger partial charge in [0.15, 0.2) is 11.9 Å². The van der Waals surface area contributed by atoms with Crippen molar-refractivity contribution in [1.82, 2.24) is 19.6 Å². The molecule has 0 bridgehead atoms. The van der Waals surface area contributed by atoms with Crippen molar-refractivity contribution < 1.29 is 4.79 Å². The molecule has 0 fully saturated rings. The van der Waals surface area contributed by atoms with E-state index in [1.807, 2.05) is 0 Å². The van der Waals surface area contributed by atoms with Crippen LogP contribution in [0.1, 0.15) is 9.67 Å². The summed E-state index contributed by atoms with van der Waals surface area (Å²) in [5, 5.41) is 4.52. The average molecular weight is 220 g/mol. The summed E-state index contributed by atoms with van der Waals surface area (Å²) in [6, 6.07) is 1.69. The highest BCUT2D eigenvalue weighted by Crippen LogP contribution is 2.23. The number of aromatic nitrogens is 4. The molecule has 0 spiro atoms. The van der Waals surface area contributed by atoms with Gasteiger partial charge >= 0.3 is 5.69 Å². The average Bonchev–Trinajstić information content (AvgIpc) is 2.80. The summed E-state index contributed by atoms with van der Waals surface area (Å²) in [6.45, 7) is 0. The number of carbonyl (C=O) groups excluding carboxylic acids is 1. The Bertz CT molecular complexity index is 723. The monoisotopic (exact) mass is 220 g/mol. The van der Waals surface area contributed by atoms with Crippen molar-refractivity contribution in [2.75, 3.05) is 0 Å². The molecule has 3 rings (SSSR count). The first kappa shape index (κ1) is 8.30. The lowest BCUT2D eigenvalue weighted by Crippen LogP contribution is -2.16. The second kappa shape index (κ2) is 2.74. The van der Waals surface area contributed by atoms with Gasteiger partial charge in [0.1, 0.15) is 11.2 Å². The molecule has 0 aliphatic heterocycles. The van der Waals surface area contributed by atoms with Crippen LogP contribution in [0.4, 0.5) is 0 Å². The van der Waals surface area contributed by atoms with Crippen LogP contribution in [0.5, 0.6) is 0 Å². The molecule has 1 N–H and O–H groups in total. The molecule has 0 saturated carbocycles. The molecule has 0 unspecified atom stereocenters. The molecule has 15 heavy (non-hydrogen) atoms. The van der Waals surface area contributed by atoms with Crippen molar-refractivity contribution in [3.05, 3.63) is 27.8 Å². The fourth-order valence-corrected chi connectivity index (χ4v) is 2.31. The fraction of sp³-hybridized carbons (Fsp3) is 0. The van der Waals surface area contributed by atoms with Gasteiger partial charge in [0, 0.05) is 0 Å². The summed E-state index contributed by atoms with van der Waals surface area (Å²) in [6.07, 6.45) is 2.05. The summed E-state index contributed by atoms with van der Waals surface area (Å²) in [5.74, 6) is 0. The van der Waals surface area contributed by atoms with Crippen LogP contribution >= 0.6 is 11.3 Å². The van der Waals surface area contributed by atoms with Crippen LogP contribution in [-0.2, 0) is 0 Å². The summed E-state index contributed by atoms with van der Waals surface area (Å²) in [7, 11) is 0. The van der Waals surface area contributed by atoms with Gasteiger partial charge in [0.05, 0.1) is 10.3 Å². The van der Waals surface area contributed by atoms with Gasteiger partial charge in [-0.1, -0.05) is 0 Å². The summed E-state index contributed by atoms with van der Waals surface area (Å²) < 4.78 is 1.17. The van der Waals surface area contributed by atoms with Gasteiger partial charge in [-0.05, 0) is 6.07 Å². The number of nitrogens with one attached hydrogen (secondary N) is 1. The van der Waals surface area contributed by atoms with Gasteiger partial charge < -0.3 is 0 Å². The van der Waals surface area contributed by atoms with E-state index in [4.69, 9.17) is 0 Å². The number of H-pyrrole nitrogens is 1. The molecule has 3 aromatic heterocycles. The molecule has 0 aromatic carbocycles. The number of rotatable bonds is 1. The zero-order valence-electron chi connectivity index (χ0n) is 7.30. The highest BCUT2D eigenvalue weighted by atomic mass is 32.1. The number of aldehydes is 1. The maximum Gasteiger partial charge on any atom is 0.349 e. The van der Waals surface area contributed by atoms with Crippen molar-refractivity contribution in [3.63, 3.8) is 0 Å². The normalized spacial score (nSPS) is 11.2. The van der Waals surface area contributed by atoms with Crippen molar-refractivity contribution >= 4 is 33.5 Å². The highest BCUT2D eigenvalue weighted by molar-refractivity contribution is 7.20. The lowest BCUT2D eigenvalue weighted by Gasteiger charge is -1.91. The largest absolute Gasteiger partial charge is 0.349 e. The van der Waals surface area contributed by atoms with Gasteiger partial charge in [0.25, 0.3) is 0 Å². The fourth-order valence-electron chi connectivity index (χ4n) is 1.45. The molecular weight excluding hydrogens is 216 g/mol. The van der Waals surface area contributed by atoms with E-state index in [0.29, 0.717) is 15.4 Å². The molecule has 0 atom stereocenters. The SMILES string of the molecule is O=Cc1cc2c([nH]c(=O)n3ncnc23)s1. The topological polar surface area (TPSA) is 80.1 Å².